The number of hydrogen-bond acceptors (Lipinski definition) is 4. The molecule has 0 spiro atoms. The van der Waals surface area contributed by atoms with E-state index >= 15 is 0 Å². The molecule has 2 aliphatic heterocycles. The Labute approximate surface area is 101 Å². The van der Waals surface area contributed by atoms with Gasteiger partial charge in [-0.15, -0.1) is 0 Å². The zero-order chi connectivity index (χ0) is 12.3. The van der Waals surface area contributed by atoms with Gasteiger partial charge in [-0.2, -0.15) is 0 Å². The van der Waals surface area contributed by atoms with Gasteiger partial charge in [-0.05, 0) is 32.1 Å². The van der Waals surface area contributed by atoms with Crippen molar-refractivity contribution in [2.75, 3.05) is 20.3 Å². The average Bonchev–Trinajstić information content (AvgIpc) is 2.87. The number of amides is 1. The number of carbonyl (C=O) groups is 2. The van der Waals surface area contributed by atoms with Gasteiger partial charge >= 0.3 is 11.9 Å². The minimum atomic E-state index is -0.771. The summed E-state index contributed by atoms with van der Waals surface area (Å²) in [6.45, 7) is 1.40. The van der Waals surface area contributed by atoms with E-state index in [-0.39, 0.29) is 12.1 Å². The predicted octanol–water partition coefficient (Wildman–Crippen LogP) is 0.719. The Hall–Kier alpha value is -1.10. The van der Waals surface area contributed by atoms with E-state index in [0.29, 0.717) is 6.54 Å². The van der Waals surface area contributed by atoms with Crippen LogP contribution in [0.3, 0.4) is 0 Å². The van der Waals surface area contributed by atoms with E-state index in [1.807, 2.05) is 0 Å². The number of ether oxygens (including phenoxy) is 2. The van der Waals surface area contributed by atoms with Crippen LogP contribution < -0.4 is 0 Å². The van der Waals surface area contributed by atoms with Crippen LogP contribution in [0.25, 0.3) is 0 Å². The highest BCUT2D eigenvalue weighted by molar-refractivity contribution is 6.32. The molecule has 0 aromatic rings. The van der Waals surface area contributed by atoms with Crippen molar-refractivity contribution in [1.82, 2.24) is 4.90 Å². The van der Waals surface area contributed by atoms with Gasteiger partial charge in [-0.3, -0.25) is 4.79 Å². The summed E-state index contributed by atoms with van der Waals surface area (Å²) < 4.78 is 10.2. The molecule has 0 N–H and O–H groups in total. The molecule has 2 unspecified atom stereocenters. The van der Waals surface area contributed by atoms with Gasteiger partial charge < -0.3 is 14.4 Å². The fourth-order valence-corrected chi connectivity index (χ4v) is 2.70. The quantitative estimate of drug-likeness (QED) is 0.501. The Balaban J connectivity index is 2.01. The number of rotatable bonds is 1. The third-order valence-corrected chi connectivity index (χ3v) is 3.56. The summed E-state index contributed by atoms with van der Waals surface area (Å²) in [7, 11) is 1.24. The lowest BCUT2D eigenvalue weighted by Gasteiger charge is -2.33. The van der Waals surface area contributed by atoms with Crippen molar-refractivity contribution < 1.29 is 19.1 Å². The van der Waals surface area contributed by atoms with Crippen LogP contribution in [0.1, 0.15) is 32.1 Å². The number of hydrogen-bond donors (Lipinski definition) is 0. The third kappa shape index (κ3) is 2.60. The van der Waals surface area contributed by atoms with E-state index in [1.165, 1.54) is 7.11 Å². The maximum Gasteiger partial charge on any atom is 0.396 e. The molecule has 0 aromatic carbocycles. The largest absolute Gasteiger partial charge is 0.462 e. The van der Waals surface area contributed by atoms with E-state index in [0.717, 1.165) is 38.7 Å². The smallest absolute Gasteiger partial charge is 0.396 e. The molecular formula is C12H19NO4. The number of esters is 1. The highest BCUT2D eigenvalue weighted by Gasteiger charge is 2.38. The Morgan fingerprint density at radius 1 is 1.24 bits per heavy atom. The van der Waals surface area contributed by atoms with Crippen molar-refractivity contribution in [3.8, 4) is 0 Å². The van der Waals surface area contributed by atoms with E-state index < -0.39 is 11.9 Å². The van der Waals surface area contributed by atoms with Gasteiger partial charge in [0.1, 0.15) is 0 Å². The first-order chi connectivity index (χ1) is 8.24. The van der Waals surface area contributed by atoms with E-state index in [9.17, 15) is 9.59 Å². The molecule has 5 nitrogen and oxygen atoms in total. The predicted molar refractivity (Wildman–Crippen MR) is 60.3 cm³/mol. The molecule has 0 aromatic heterocycles. The highest BCUT2D eigenvalue weighted by Crippen LogP contribution is 2.27. The maximum absolute atomic E-state index is 11.8. The van der Waals surface area contributed by atoms with Crippen molar-refractivity contribution in [3.05, 3.63) is 0 Å². The van der Waals surface area contributed by atoms with Crippen LogP contribution >= 0.6 is 0 Å². The summed E-state index contributed by atoms with van der Waals surface area (Å²) in [5.41, 5.74) is 0. The minimum absolute atomic E-state index is 0.0573. The molecule has 2 fully saturated rings. The Bertz CT molecular complexity index is 299. The summed E-state index contributed by atoms with van der Waals surface area (Å²) in [5.74, 6) is -1.29. The molecular weight excluding hydrogens is 222 g/mol. The van der Waals surface area contributed by atoms with Crippen LogP contribution in [-0.2, 0) is 19.1 Å². The molecule has 0 saturated carbocycles. The Kier molecular flexibility index (Phi) is 3.99. The van der Waals surface area contributed by atoms with Gasteiger partial charge in [0.2, 0.25) is 0 Å². The molecule has 1 amide bonds. The van der Waals surface area contributed by atoms with Gasteiger partial charge in [0.25, 0.3) is 0 Å². The lowest BCUT2D eigenvalue weighted by atomic mass is 10.00. The van der Waals surface area contributed by atoms with Crippen LogP contribution in [-0.4, -0.2) is 49.2 Å². The molecule has 2 rings (SSSR count). The van der Waals surface area contributed by atoms with Crippen molar-refractivity contribution in [3.63, 3.8) is 0 Å². The monoisotopic (exact) mass is 241 g/mol. The second-order valence-electron chi connectivity index (χ2n) is 4.60. The Morgan fingerprint density at radius 3 is 2.71 bits per heavy atom. The average molecular weight is 241 g/mol. The van der Waals surface area contributed by atoms with Crippen molar-refractivity contribution in [2.24, 2.45) is 0 Å². The first kappa shape index (κ1) is 12.4. The summed E-state index contributed by atoms with van der Waals surface area (Å²) in [5, 5.41) is 0. The molecule has 2 heterocycles. The lowest BCUT2D eigenvalue weighted by molar-refractivity contribution is -0.160. The normalized spacial score (nSPS) is 29.1. The van der Waals surface area contributed by atoms with E-state index in [1.54, 1.807) is 4.90 Å². The second-order valence-corrected chi connectivity index (χ2v) is 4.60. The van der Waals surface area contributed by atoms with Crippen LogP contribution in [0.15, 0.2) is 0 Å². The first-order valence-electron chi connectivity index (χ1n) is 6.24. The minimum Gasteiger partial charge on any atom is -0.462 e. The summed E-state index contributed by atoms with van der Waals surface area (Å²) in [6.07, 6.45) is 5.17. The molecule has 2 aliphatic rings. The number of carbonyl (C=O) groups excluding carboxylic acids is 2. The van der Waals surface area contributed by atoms with Crippen LogP contribution in [0.2, 0.25) is 0 Å². The van der Waals surface area contributed by atoms with E-state index in [4.69, 9.17) is 4.74 Å². The molecule has 96 valence electrons. The van der Waals surface area contributed by atoms with Crippen LogP contribution in [0.5, 0.6) is 0 Å². The molecule has 5 heteroatoms. The van der Waals surface area contributed by atoms with Crippen LogP contribution in [0.4, 0.5) is 0 Å². The Morgan fingerprint density at radius 2 is 2.06 bits per heavy atom. The third-order valence-electron chi connectivity index (χ3n) is 3.56. The molecule has 0 radical (unpaired) electrons. The maximum atomic E-state index is 11.8. The van der Waals surface area contributed by atoms with E-state index in [2.05, 4.69) is 4.74 Å². The van der Waals surface area contributed by atoms with Gasteiger partial charge in [0.05, 0.1) is 19.3 Å². The fraction of sp³-hybridized carbons (Fsp3) is 0.833. The zero-order valence-electron chi connectivity index (χ0n) is 10.2. The molecule has 0 aliphatic carbocycles. The lowest BCUT2D eigenvalue weighted by Crippen LogP contribution is -2.47. The van der Waals surface area contributed by atoms with Crippen molar-refractivity contribution in [1.29, 1.82) is 0 Å². The first-order valence-corrected chi connectivity index (χ1v) is 6.24. The highest BCUT2D eigenvalue weighted by atomic mass is 16.5. The summed E-state index contributed by atoms with van der Waals surface area (Å²) >= 11 is 0. The van der Waals surface area contributed by atoms with Crippen molar-refractivity contribution >= 4 is 11.9 Å². The molecule has 2 atom stereocenters. The molecule has 0 bridgehead atoms. The second kappa shape index (κ2) is 5.49. The van der Waals surface area contributed by atoms with Gasteiger partial charge in [0.15, 0.2) is 0 Å². The van der Waals surface area contributed by atoms with Gasteiger partial charge in [0, 0.05) is 13.2 Å². The van der Waals surface area contributed by atoms with Gasteiger partial charge in [-0.1, -0.05) is 0 Å². The summed E-state index contributed by atoms with van der Waals surface area (Å²) in [6, 6.07) is 0.0573. The SMILES string of the molecule is COC(=O)C(=O)N1CCCC1C1CCCCO1. The summed E-state index contributed by atoms with van der Waals surface area (Å²) in [4.78, 5) is 24.7. The standard InChI is InChI=1S/C12H19NO4/c1-16-12(15)11(14)13-7-4-5-9(13)10-6-2-3-8-17-10/h9-10H,2-8H2,1H3. The molecule has 17 heavy (non-hydrogen) atoms. The molecule has 2 saturated heterocycles. The van der Waals surface area contributed by atoms with Crippen molar-refractivity contribution in [2.45, 2.75) is 44.2 Å². The number of nitrogens with zero attached hydrogens (tertiary/aromatic N) is 1. The topological polar surface area (TPSA) is 55.8 Å². The number of likely N-dealkylation sites (tertiary alicyclic amines) is 1. The number of methoxy groups -OCH3 is 1. The fourth-order valence-electron chi connectivity index (χ4n) is 2.70. The van der Waals surface area contributed by atoms with Gasteiger partial charge in [-0.25, -0.2) is 4.79 Å². The van der Waals surface area contributed by atoms with Crippen LogP contribution in [0, 0.1) is 0 Å². The zero-order valence-corrected chi connectivity index (χ0v) is 10.2.